The normalized spacial score (nSPS) is 17.9. The van der Waals surface area contributed by atoms with E-state index in [1.54, 1.807) is 17.9 Å². The zero-order chi connectivity index (χ0) is 14.4. The number of rotatable bonds is 6. The number of likely N-dealkylation sites (N-methyl/N-ethyl adjacent to an activating group) is 1. The SMILES string of the molecule is CNC(C(=O)NCCN1CCCCC1)c1cnn(C)c1. The van der Waals surface area contributed by atoms with Crippen molar-refractivity contribution in [3.05, 3.63) is 18.0 Å². The van der Waals surface area contributed by atoms with Crippen LogP contribution in [0.1, 0.15) is 30.9 Å². The maximum absolute atomic E-state index is 12.2. The summed E-state index contributed by atoms with van der Waals surface area (Å²) in [4.78, 5) is 14.6. The van der Waals surface area contributed by atoms with Gasteiger partial charge in [0.25, 0.3) is 0 Å². The molecule has 0 bridgehead atoms. The molecule has 6 nitrogen and oxygen atoms in total. The van der Waals surface area contributed by atoms with Gasteiger partial charge in [0.15, 0.2) is 0 Å². The first-order chi connectivity index (χ1) is 9.70. The highest BCUT2D eigenvalue weighted by molar-refractivity contribution is 5.82. The van der Waals surface area contributed by atoms with E-state index in [1.165, 1.54) is 19.3 Å². The van der Waals surface area contributed by atoms with Crippen LogP contribution in [0.5, 0.6) is 0 Å². The molecule has 20 heavy (non-hydrogen) atoms. The van der Waals surface area contributed by atoms with Crippen molar-refractivity contribution in [3.8, 4) is 0 Å². The molecule has 0 radical (unpaired) electrons. The molecule has 0 spiro atoms. The van der Waals surface area contributed by atoms with Gasteiger partial charge < -0.3 is 15.5 Å². The summed E-state index contributed by atoms with van der Waals surface area (Å²) in [6.45, 7) is 3.97. The number of amides is 1. The van der Waals surface area contributed by atoms with E-state index < -0.39 is 0 Å². The lowest BCUT2D eigenvalue weighted by Crippen LogP contribution is -2.41. The average molecular weight is 279 g/mol. The summed E-state index contributed by atoms with van der Waals surface area (Å²) in [7, 11) is 3.65. The predicted molar refractivity (Wildman–Crippen MR) is 78.3 cm³/mol. The third kappa shape index (κ3) is 4.05. The fourth-order valence-corrected chi connectivity index (χ4v) is 2.66. The van der Waals surface area contributed by atoms with Crippen molar-refractivity contribution in [3.63, 3.8) is 0 Å². The van der Waals surface area contributed by atoms with Crippen LogP contribution in [0.25, 0.3) is 0 Å². The molecular weight excluding hydrogens is 254 g/mol. The molecule has 2 heterocycles. The molecule has 1 aromatic rings. The van der Waals surface area contributed by atoms with Gasteiger partial charge in [-0.1, -0.05) is 6.42 Å². The molecule has 0 saturated carbocycles. The van der Waals surface area contributed by atoms with Gasteiger partial charge in [-0.3, -0.25) is 9.48 Å². The number of hydrogen-bond donors (Lipinski definition) is 2. The second-order valence-electron chi connectivity index (χ2n) is 5.36. The van der Waals surface area contributed by atoms with Gasteiger partial charge >= 0.3 is 0 Å². The van der Waals surface area contributed by atoms with Crippen molar-refractivity contribution >= 4 is 5.91 Å². The molecule has 1 unspecified atom stereocenters. The maximum atomic E-state index is 12.2. The van der Waals surface area contributed by atoms with Crippen LogP contribution < -0.4 is 10.6 Å². The lowest BCUT2D eigenvalue weighted by molar-refractivity contribution is -0.123. The summed E-state index contributed by atoms with van der Waals surface area (Å²) < 4.78 is 1.71. The second-order valence-corrected chi connectivity index (χ2v) is 5.36. The molecule has 1 aliphatic heterocycles. The zero-order valence-corrected chi connectivity index (χ0v) is 12.4. The van der Waals surface area contributed by atoms with Gasteiger partial charge in [-0.05, 0) is 33.0 Å². The molecule has 0 aromatic carbocycles. The first-order valence-electron chi connectivity index (χ1n) is 7.36. The Hall–Kier alpha value is -1.40. The Morgan fingerprint density at radius 2 is 2.15 bits per heavy atom. The van der Waals surface area contributed by atoms with E-state index >= 15 is 0 Å². The molecule has 1 saturated heterocycles. The number of aromatic nitrogens is 2. The Balaban J connectivity index is 1.77. The van der Waals surface area contributed by atoms with E-state index in [-0.39, 0.29) is 11.9 Å². The van der Waals surface area contributed by atoms with E-state index in [0.29, 0.717) is 6.54 Å². The Bertz CT molecular complexity index is 425. The van der Waals surface area contributed by atoms with Crippen molar-refractivity contribution in [2.24, 2.45) is 7.05 Å². The van der Waals surface area contributed by atoms with Crippen LogP contribution in [-0.4, -0.2) is 53.8 Å². The van der Waals surface area contributed by atoms with Crippen LogP contribution in [0, 0.1) is 0 Å². The number of nitrogens with one attached hydrogen (secondary N) is 2. The van der Waals surface area contributed by atoms with E-state index in [1.807, 2.05) is 13.2 Å². The molecule has 2 N–H and O–H groups in total. The van der Waals surface area contributed by atoms with Gasteiger partial charge in [-0.15, -0.1) is 0 Å². The van der Waals surface area contributed by atoms with Crippen LogP contribution in [0.15, 0.2) is 12.4 Å². The molecular formula is C14H25N5O. The highest BCUT2D eigenvalue weighted by Crippen LogP contribution is 2.11. The van der Waals surface area contributed by atoms with Gasteiger partial charge in [0, 0.05) is 31.9 Å². The Kier molecular flexibility index (Phi) is 5.55. The second kappa shape index (κ2) is 7.40. The summed E-state index contributed by atoms with van der Waals surface area (Å²) in [5.74, 6) is 0.0116. The summed E-state index contributed by atoms with van der Waals surface area (Å²) in [5, 5.41) is 10.2. The molecule has 0 aliphatic carbocycles. The number of nitrogens with zero attached hydrogens (tertiary/aromatic N) is 3. The summed E-state index contributed by atoms with van der Waals surface area (Å²) in [6.07, 6.45) is 7.49. The maximum Gasteiger partial charge on any atom is 0.241 e. The van der Waals surface area contributed by atoms with Crippen molar-refractivity contribution < 1.29 is 4.79 Å². The summed E-state index contributed by atoms with van der Waals surface area (Å²) in [5.41, 5.74) is 0.894. The molecule has 2 rings (SSSR count). The fourth-order valence-electron chi connectivity index (χ4n) is 2.66. The van der Waals surface area contributed by atoms with Crippen LogP contribution in [0.2, 0.25) is 0 Å². The molecule has 1 amide bonds. The topological polar surface area (TPSA) is 62.2 Å². The minimum Gasteiger partial charge on any atom is -0.353 e. The number of aryl methyl sites for hydroxylation is 1. The lowest BCUT2D eigenvalue weighted by Gasteiger charge is -2.26. The van der Waals surface area contributed by atoms with Gasteiger partial charge in [0.05, 0.1) is 6.20 Å². The molecule has 1 aromatic heterocycles. The molecule has 1 atom stereocenters. The summed E-state index contributed by atoms with van der Waals surface area (Å²) in [6, 6.07) is -0.329. The van der Waals surface area contributed by atoms with Crippen LogP contribution in [0.3, 0.4) is 0 Å². The quantitative estimate of drug-likeness (QED) is 0.785. The van der Waals surface area contributed by atoms with E-state index in [9.17, 15) is 4.79 Å². The first-order valence-corrected chi connectivity index (χ1v) is 7.36. The monoisotopic (exact) mass is 279 g/mol. The van der Waals surface area contributed by atoms with E-state index in [2.05, 4.69) is 20.6 Å². The van der Waals surface area contributed by atoms with Gasteiger partial charge in [0.1, 0.15) is 6.04 Å². The highest BCUT2D eigenvalue weighted by atomic mass is 16.2. The van der Waals surface area contributed by atoms with Crippen molar-refractivity contribution in [2.45, 2.75) is 25.3 Å². The lowest BCUT2D eigenvalue weighted by atomic mass is 10.1. The molecule has 1 aliphatic rings. The third-order valence-corrected chi connectivity index (χ3v) is 3.78. The number of carbonyl (C=O) groups is 1. The van der Waals surface area contributed by atoms with Crippen molar-refractivity contribution in [1.82, 2.24) is 25.3 Å². The van der Waals surface area contributed by atoms with Crippen LogP contribution >= 0.6 is 0 Å². The minimum atomic E-state index is -0.329. The third-order valence-electron chi connectivity index (χ3n) is 3.78. The smallest absolute Gasteiger partial charge is 0.241 e. The number of likely N-dealkylation sites (tertiary alicyclic amines) is 1. The van der Waals surface area contributed by atoms with E-state index in [0.717, 1.165) is 25.2 Å². The number of carbonyl (C=O) groups excluding carboxylic acids is 1. The first kappa shape index (κ1) is 15.0. The van der Waals surface area contributed by atoms with Crippen molar-refractivity contribution in [1.29, 1.82) is 0 Å². The number of piperidine rings is 1. The Labute approximate surface area is 120 Å². The highest BCUT2D eigenvalue weighted by Gasteiger charge is 2.20. The number of hydrogen-bond acceptors (Lipinski definition) is 4. The molecule has 112 valence electrons. The average Bonchev–Trinajstić information content (AvgIpc) is 2.87. The Morgan fingerprint density at radius 3 is 2.75 bits per heavy atom. The standard InChI is InChI=1S/C14H25N5O/c1-15-13(12-10-17-18(2)11-12)14(20)16-6-9-19-7-4-3-5-8-19/h10-11,13,15H,3-9H2,1-2H3,(H,16,20). The van der Waals surface area contributed by atoms with Gasteiger partial charge in [-0.2, -0.15) is 5.10 Å². The molecule has 6 heteroatoms. The van der Waals surface area contributed by atoms with Crippen molar-refractivity contribution in [2.75, 3.05) is 33.2 Å². The summed E-state index contributed by atoms with van der Waals surface area (Å²) >= 11 is 0. The fraction of sp³-hybridized carbons (Fsp3) is 0.714. The minimum absolute atomic E-state index is 0.0116. The Morgan fingerprint density at radius 1 is 1.40 bits per heavy atom. The molecule has 1 fully saturated rings. The zero-order valence-electron chi connectivity index (χ0n) is 12.4. The van der Waals surface area contributed by atoms with E-state index in [4.69, 9.17) is 0 Å². The predicted octanol–water partition coefficient (Wildman–Crippen LogP) is 0.283. The van der Waals surface area contributed by atoms with Crippen LogP contribution in [-0.2, 0) is 11.8 Å². The van der Waals surface area contributed by atoms with Crippen LogP contribution in [0.4, 0.5) is 0 Å². The largest absolute Gasteiger partial charge is 0.353 e. The van der Waals surface area contributed by atoms with Gasteiger partial charge in [-0.25, -0.2) is 0 Å². The van der Waals surface area contributed by atoms with Gasteiger partial charge in [0.2, 0.25) is 5.91 Å².